The predicted octanol–water partition coefficient (Wildman–Crippen LogP) is 2.80. The maximum Gasteiger partial charge on any atom is 0.335 e. The molecule has 1 saturated heterocycles. The number of hydrogen-bond acceptors (Lipinski definition) is 2. The molecule has 1 aliphatic heterocycles. The molecule has 1 fully saturated rings. The van der Waals surface area contributed by atoms with Crippen molar-refractivity contribution in [3.05, 3.63) is 35.4 Å². The Morgan fingerprint density at radius 2 is 2.06 bits per heavy atom. The van der Waals surface area contributed by atoms with Crippen molar-refractivity contribution >= 4 is 5.97 Å². The molecule has 1 aromatic rings. The van der Waals surface area contributed by atoms with Crippen molar-refractivity contribution in [3.63, 3.8) is 0 Å². The number of piperidine rings is 1. The highest BCUT2D eigenvalue weighted by Crippen LogP contribution is 2.17. The van der Waals surface area contributed by atoms with Crippen molar-refractivity contribution in [3.8, 4) is 0 Å². The van der Waals surface area contributed by atoms with Crippen molar-refractivity contribution < 1.29 is 9.90 Å². The number of rotatable bonds is 4. The van der Waals surface area contributed by atoms with Gasteiger partial charge in [-0.1, -0.05) is 18.6 Å². The molecule has 0 spiro atoms. The van der Waals surface area contributed by atoms with Gasteiger partial charge in [-0.3, -0.25) is 0 Å². The van der Waals surface area contributed by atoms with E-state index in [2.05, 4.69) is 11.8 Å². The van der Waals surface area contributed by atoms with Crippen LogP contribution in [-0.2, 0) is 6.42 Å². The van der Waals surface area contributed by atoms with E-state index in [-0.39, 0.29) is 0 Å². The van der Waals surface area contributed by atoms with E-state index in [0.717, 1.165) is 13.0 Å². The van der Waals surface area contributed by atoms with E-state index in [1.807, 2.05) is 12.1 Å². The molecule has 0 amide bonds. The van der Waals surface area contributed by atoms with Crippen LogP contribution in [0.4, 0.5) is 0 Å². The molecule has 1 heterocycles. The molecule has 3 nitrogen and oxygen atoms in total. The second-order valence-electron chi connectivity index (χ2n) is 5.13. The fourth-order valence-corrected chi connectivity index (χ4v) is 2.58. The molecular weight excluding hydrogens is 226 g/mol. The van der Waals surface area contributed by atoms with Gasteiger partial charge in [0.15, 0.2) is 0 Å². The van der Waals surface area contributed by atoms with E-state index in [9.17, 15) is 4.79 Å². The molecule has 0 aliphatic carbocycles. The van der Waals surface area contributed by atoms with E-state index < -0.39 is 5.97 Å². The molecule has 0 bridgehead atoms. The maximum atomic E-state index is 10.8. The quantitative estimate of drug-likeness (QED) is 0.889. The van der Waals surface area contributed by atoms with Crippen molar-refractivity contribution in [1.29, 1.82) is 0 Å². The number of nitrogens with zero attached hydrogens (tertiary/aromatic N) is 1. The van der Waals surface area contributed by atoms with Gasteiger partial charge in [0.05, 0.1) is 5.56 Å². The first-order valence-electron chi connectivity index (χ1n) is 6.73. The fraction of sp³-hybridized carbons (Fsp3) is 0.533. The van der Waals surface area contributed by atoms with Crippen LogP contribution in [0, 0.1) is 0 Å². The zero-order chi connectivity index (χ0) is 13.0. The molecule has 1 atom stereocenters. The van der Waals surface area contributed by atoms with Crippen LogP contribution in [0.3, 0.4) is 0 Å². The topological polar surface area (TPSA) is 40.5 Å². The van der Waals surface area contributed by atoms with Crippen LogP contribution in [0.1, 0.15) is 42.1 Å². The van der Waals surface area contributed by atoms with E-state index >= 15 is 0 Å². The summed E-state index contributed by atoms with van der Waals surface area (Å²) in [6, 6.07) is 7.93. The molecule has 98 valence electrons. The highest BCUT2D eigenvalue weighted by molar-refractivity contribution is 5.87. The minimum atomic E-state index is -0.855. The van der Waals surface area contributed by atoms with E-state index in [1.165, 1.54) is 31.4 Å². The smallest absolute Gasteiger partial charge is 0.335 e. The lowest BCUT2D eigenvalue weighted by atomic mass is 10.0. The third kappa shape index (κ3) is 3.33. The summed E-state index contributed by atoms with van der Waals surface area (Å²) >= 11 is 0. The first-order chi connectivity index (χ1) is 8.66. The van der Waals surface area contributed by atoms with Crippen LogP contribution in [0.5, 0.6) is 0 Å². The number of carboxylic acids is 1. The molecule has 1 unspecified atom stereocenters. The molecule has 3 heteroatoms. The third-order valence-electron chi connectivity index (χ3n) is 3.83. The van der Waals surface area contributed by atoms with Crippen molar-refractivity contribution in [2.75, 3.05) is 13.1 Å². The Hall–Kier alpha value is -1.35. The van der Waals surface area contributed by atoms with Gasteiger partial charge < -0.3 is 10.0 Å². The first kappa shape index (κ1) is 13.1. The van der Waals surface area contributed by atoms with E-state index in [1.54, 1.807) is 12.1 Å². The van der Waals surface area contributed by atoms with Crippen LogP contribution in [0.25, 0.3) is 0 Å². The summed E-state index contributed by atoms with van der Waals surface area (Å²) in [7, 11) is 0. The molecule has 2 rings (SSSR count). The van der Waals surface area contributed by atoms with Crippen LogP contribution >= 0.6 is 0 Å². The third-order valence-corrected chi connectivity index (χ3v) is 3.83. The largest absolute Gasteiger partial charge is 0.478 e. The zero-order valence-electron chi connectivity index (χ0n) is 10.9. The average Bonchev–Trinajstić information content (AvgIpc) is 2.38. The van der Waals surface area contributed by atoms with Gasteiger partial charge in [-0.15, -0.1) is 0 Å². The number of carbonyl (C=O) groups is 1. The van der Waals surface area contributed by atoms with E-state index in [0.29, 0.717) is 11.6 Å². The minimum Gasteiger partial charge on any atom is -0.478 e. The predicted molar refractivity (Wildman–Crippen MR) is 72.0 cm³/mol. The van der Waals surface area contributed by atoms with Gasteiger partial charge in [-0.05, 0) is 50.4 Å². The lowest BCUT2D eigenvalue weighted by Crippen LogP contribution is -2.38. The standard InChI is InChI=1S/C15H21NO2/c1-12-4-2-3-10-16(12)11-9-13-5-7-14(8-6-13)15(17)18/h5-8,12H,2-4,9-11H2,1H3,(H,17,18). The minimum absolute atomic E-state index is 0.366. The Bertz CT molecular complexity index is 399. The Morgan fingerprint density at radius 3 is 2.67 bits per heavy atom. The second-order valence-corrected chi connectivity index (χ2v) is 5.13. The lowest BCUT2D eigenvalue weighted by Gasteiger charge is -2.33. The first-order valence-corrected chi connectivity index (χ1v) is 6.73. The molecule has 1 aromatic carbocycles. The molecule has 0 aromatic heterocycles. The Balaban J connectivity index is 1.87. The molecule has 18 heavy (non-hydrogen) atoms. The van der Waals surface area contributed by atoms with Gasteiger partial charge in [0.25, 0.3) is 0 Å². The number of hydrogen-bond donors (Lipinski definition) is 1. The summed E-state index contributed by atoms with van der Waals surface area (Å²) in [5, 5.41) is 8.84. The van der Waals surface area contributed by atoms with Gasteiger partial charge in [0, 0.05) is 12.6 Å². The Labute approximate surface area is 108 Å². The van der Waals surface area contributed by atoms with Crippen LogP contribution in [0.15, 0.2) is 24.3 Å². The van der Waals surface area contributed by atoms with Crippen LogP contribution in [-0.4, -0.2) is 35.1 Å². The van der Waals surface area contributed by atoms with E-state index in [4.69, 9.17) is 5.11 Å². The van der Waals surface area contributed by atoms with Gasteiger partial charge in [0.2, 0.25) is 0 Å². The molecule has 1 aliphatic rings. The Morgan fingerprint density at radius 1 is 1.33 bits per heavy atom. The molecule has 0 radical (unpaired) electrons. The number of aromatic carboxylic acids is 1. The van der Waals surface area contributed by atoms with Gasteiger partial charge >= 0.3 is 5.97 Å². The summed E-state index contributed by atoms with van der Waals surface area (Å²) in [6.07, 6.45) is 4.97. The second kappa shape index (κ2) is 6.01. The average molecular weight is 247 g/mol. The normalized spacial score (nSPS) is 20.8. The van der Waals surface area contributed by atoms with Gasteiger partial charge in [-0.25, -0.2) is 4.79 Å². The molecule has 1 N–H and O–H groups in total. The van der Waals surface area contributed by atoms with Gasteiger partial charge in [0.1, 0.15) is 0 Å². The zero-order valence-corrected chi connectivity index (χ0v) is 10.9. The SMILES string of the molecule is CC1CCCCN1CCc1ccc(C(=O)O)cc1. The fourth-order valence-electron chi connectivity index (χ4n) is 2.58. The highest BCUT2D eigenvalue weighted by atomic mass is 16.4. The lowest BCUT2D eigenvalue weighted by molar-refractivity contribution is 0.0697. The summed E-state index contributed by atoms with van der Waals surface area (Å²) < 4.78 is 0. The van der Waals surface area contributed by atoms with Gasteiger partial charge in [-0.2, -0.15) is 0 Å². The number of benzene rings is 1. The Kier molecular flexibility index (Phi) is 4.37. The summed E-state index contributed by atoms with van der Waals surface area (Å²) in [5.74, 6) is -0.855. The van der Waals surface area contributed by atoms with Crippen molar-refractivity contribution in [2.45, 2.75) is 38.6 Å². The molecule has 0 saturated carbocycles. The molecular formula is C15H21NO2. The number of carboxylic acid groups (broad SMARTS) is 1. The number of likely N-dealkylation sites (tertiary alicyclic amines) is 1. The summed E-state index contributed by atoms with van der Waals surface area (Å²) in [5.41, 5.74) is 1.59. The maximum absolute atomic E-state index is 10.8. The summed E-state index contributed by atoms with van der Waals surface area (Å²) in [6.45, 7) is 4.58. The van der Waals surface area contributed by atoms with Crippen molar-refractivity contribution in [1.82, 2.24) is 4.90 Å². The van der Waals surface area contributed by atoms with Crippen LogP contribution in [0.2, 0.25) is 0 Å². The van der Waals surface area contributed by atoms with Crippen molar-refractivity contribution in [2.24, 2.45) is 0 Å². The highest BCUT2D eigenvalue weighted by Gasteiger charge is 2.17. The van der Waals surface area contributed by atoms with Crippen LogP contribution < -0.4 is 0 Å². The monoisotopic (exact) mass is 247 g/mol. The summed E-state index contributed by atoms with van der Waals surface area (Å²) in [4.78, 5) is 13.3.